The van der Waals surface area contributed by atoms with Crippen LogP contribution in [0.2, 0.25) is 0 Å². The van der Waals surface area contributed by atoms with Gasteiger partial charge in [0.1, 0.15) is 24.2 Å². The number of pyridine rings is 1. The number of nitrogens with one attached hydrogen (secondary N) is 1. The summed E-state index contributed by atoms with van der Waals surface area (Å²) in [6, 6.07) is 9.89. The molecule has 1 amide bonds. The van der Waals surface area contributed by atoms with Crippen molar-refractivity contribution in [3.05, 3.63) is 64.8 Å². The van der Waals surface area contributed by atoms with E-state index in [-0.39, 0.29) is 5.69 Å². The molecule has 0 radical (unpaired) electrons. The summed E-state index contributed by atoms with van der Waals surface area (Å²) in [5, 5.41) is 10.2. The maximum absolute atomic E-state index is 12.5. The average molecular weight is 416 g/mol. The molecule has 0 aliphatic rings. The molecule has 2 aromatic heterocycles. The summed E-state index contributed by atoms with van der Waals surface area (Å²) in [5.74, 6) is -0.284. The molecule has 0 saturated heterocycles. The van der Waals surface area contributed by atoms with E-state index in [1.807, 2.05) is 0 Å². The highest BCUT2D eigenvalue weighted by Gasteiger charge is 2.14. The van der Waals surface area contributed by atoms with Crippen molar-refractivity contribution in [1.82, 2.24) is 19.7 Å². The van der Waals surface area contributed by atoms with Gasteiger partial charge >= 0.3 is 5.97 Å². The summed E-state index contributed by atoms with van der Waals surface area (Å²) >= 11 is 3.33. The zero-order valence-corrected chi connectivity index (χ0v) is 15.3. The smallest absolute Gasteiger partial charge is 0.338 e. The van der Waals surface area contributed by atoms with Gasteiger partial charge in [-0.2, -0.15) is 0 Å². The number of rotatable bonds is 5. The quantitative estimate of drug-likeness (QED) is 0.643. The van der Waals surface area contributed by atoms with Gasteiger partial charge in [-0.15, -0.1) is 10.2 Å². The van der Waals surface area contributed by atoms with Gasteiger partial charge in [-0.05, 0) is 59.3 Å². The molecule has 0 aliphatic heterocycles. The molecule has 3 rings (SSSR count). The van der Waals surface area contributed by atoms with Crippen LogP contribution < -0.4 is 5.32 Å². The van der Waals surface area contributed by atoms with E-state index in [1.54, 1.807) is 47.9 Å². The van der Waals surface area contributed by atoms with Crippen LogP contribution in [-0.4, -0.2) is 38.2 Å². The average Bonchev–Trinajstić information content (AvgIpc) is 3.17. The Hall–Kier alpha value is -3.07. The zero-order chi connectivity index (χ0) is 18.5. The third-order valence-electron chi connectivity index (χ3n) is 3.38. The molecule has 26 heavy (non-hydrogen) atoms. The van der Waals surface area contributed by atoms with Gasteiger partial charge in [0.15, 0.2) is 0 Å². The standard InChI is InChI=1S/C17H14BrN5O3/c1-2-26-17(25)11-3-5-12(6-4-11)21-16(24)15-13(18)7-8-14(22-15)23-9-19-20-10-23/h3-10H,2H2,1H3,(H,21,24). The lowest BCUT2D eigenvalue weighted by Gasteiger charge is -2.09. The number of halogens is 1. The molecular formula is C17H14BrN5O3. The third-order valence-corrected chi connectivity index (χ3v) is 4.02. The maximum atomic E-state index is 12.5. The molecule has 0 atom stereocenters. The normalized spacial score (nSPS) is 10.4. The zero-order valence-electron chi connectivity index (χ0n) is 13.7. The first kappa shape index (κ1) is 17.7. The molecule has 0 spiro atoms. The fourth-order valence-corrected chi connectivity index (χ4v) is 2.55. The number of hydrogen-bond acceptors (Lipinski definition) is 6. The lowest BCUT2D eigenvalue weighted by molar-refractivity contribution is 0.0526. The van der Waals surface area contributed by atoms with Crippen LogP contribution in [0.3, 0.4) is 0 Å². The first-order valence-electron chi connectivity index (χ1n) is 7.68. The highest BCUT2D eigenvalue weighted by Crippen LogP contribution is 2.19. The van der Waals surface area contributed by atoms with E-state index in [9.17, 15) is 9.59 Å². The molecule has 2 heterocycles. The summed E-state index contributed by atoms with van der Waals surface area (Å²) in [6.45, 7) is 2.05. The first-order chi connectivity index (χ1) is 12.6. The molecule has 8 nitrogen and oxygen atoms in total. The molecule has 0 fully saturated rings. The molecule has 3 aromatic rings. The van der Waals surface area contributed by atoms with E-state index in [4.69, 9.17) is 4.74 Å². The minimum absolute atomic E-state index is 0.214. The second kappa shape index (κ2) is 7.87. The Morgan fingerprint density at radius 1 is 1.12 bits per heavy atom. The summed E-state index contributed by atoms with van der Waals surface area (Å²) < 4.78 is 7.07. The Bertz CT molecular complexity index is 926. The lowest BCUT2D eigenvalue weighted by Crippen LogP contribution is -2.15. The Kier molecular flexibility index (Phi) is 5.37. The van der Waals surface area contributed by atoms with Gasteiger partial charge in [0.25, 0.3) is 5.91 Å². The van der Waals surface area contributed by atoms with Crippen LogP contribution in [-0.2, 0) is 4.74 Å². The molecule has 132 valence electrons. The molecule has 0 saturated carbocycles. The summed E-state index contributed by atoms with van der Waals surface area (Å²) in [6.07, 6.45) is 2.98. The van der Waals surface area contributed by atoms with Crippen molar-refractivity contribution in [2.24, 2.45) is 0 Å². The van der Waals surface area contributed by atoms with E-state index in [0.717, 1.165) is 0 Å². The van der Waals surface area contributed by atoms with Crippen molar-refractivity contribution in [2.75, 3.05) is 11.9 Å². The summed E-state index contributed by atoms with van der Waals surface area (Å²) in [7, 11) is 0. The number of aromatic nitrogens is 4. The molecule has 0 aliphatic carbocycles. The number of anilines is 1. The number of hydrogen-bond donors (Lipinski definition) is 1. The minimum atomic E-state index is -0.406. The second-order valence-electron chi connectivity index (χ2n) is 5.12. The molecule has 0 bridgehead atoms. The van der Waals surface area contributed by atoms with Crippen molar-refractivity contribution in [1.29, 1.82) is 0 Å². The summed E-state index contributed by atoms with van der Waals surface area (Å²) in [4.78, 5) is 28.5. The van der Waals surface area contributed by atoms with Crippen LogP contribution in [0.1, 0.15) is 27.8 Å². The predicted molar refractivity (Wildman–Crippen MR) is 97.2 cm³/mol. The largest absolute Gasteiger partial charge is 0.462 e. The Morgan fingerprint density at radius 3 is 2.46 bits per heavy atom. The summed E-state index contributed by atoms with van der Waals surface area (Å²) in [5.41, 5.74) is 1.16. The second-order valence-corrected chi connectivity index (χ2v) is 5.98. The first-order valence-corrected chi connectivity index (χ1v) is 8.48. The molecule has 1 aromatic carbocycles. The molecule has 0 unspecified atom stereocenters. The number of benzene rings is 1. The Labute approximate surface area is 157 Å². The highest BCUT2D eigenvalue weighted by atomic mass is 79.9. The van der Waals surface area contributed by atoms with Crippen molar-refractivity contribution in [2.45, 2.75) is 6.92 Å². The van der Waals surface area contributed by atoms with Crippen LogP contribution in [0.5, 0.6) is 0 Å². The van der Waals surface area contributed by atoms with E-state index < -0.39 is 11.9 Å². The predicted octanol–water partition coefficient (Wildman–Crippen LogP) is 2.85. The van der Waals surface area contributed by atoms with Crippen molar-refractivity contribution in [3.8, 4) is 5.82 Å². The number of ether oxygens (including phenoxy) is 1. The highest BCUT2D eigenvalue weighted by molar-refractivity contribution is 9.10. The lowest BCUT2D eigenvalue weighted by atomic mass is 10.2. The monoisotopic (exact) mass is 415 g/mol. The van der Waals surface area contributed by atoms with Gasteiger partial charge in [-0.3, -0.25) is 9.36 Å². The van der Waals surface area contributed by atoms with Gasteiger partial charge in [-0.25, -0.2) is 9.78 Å². The van der Waals surface area contributed by atoms with Crippen LogP contribution in [0.15, 0.2) is 53.5 Å². The maximum Gasteiger partial charge on any atom is 0.338 e. The van der Waals surface area contributed by atoms with E-state index in [1.165, 1.54) is 12.7 Å². The number of amides is 1. The molecule has 9 heteroatoms. The Morgan fingerprint density at radius 2 is 1.81 bits per heavy atom. The topological polar surface area (TPSA) is 99.0 Å². The number of nitrogens with zero attached hydrogens (tertiary/aromatic N) is 4. The van der Waals surface area contributed by atoms with Gasteiger partial charge < -0.3 is 10.1 Å². The minimum Gasteiger partial charge on any atom is -0.462 e. The van der Waals surface area contributed by atoms with Crippen molar-refractivity contribution >= 4 is 33.5 Å². The van der Waals surface area contributed by atoms with E-state index >= 15 is 0 Å². The molecular weight excluding hydrogens is 402 g/mol. The third kappa shape index (κ3) is 3.94. The van der Waals surface area contributed by atoms with Gasteiger partial charge in [0.2, 0.25) is 0 Å². The van der Waals surface area contributed by atoms with E-state index in [0.29, 0.717) is 28.1 Å². The van der Waals surface area contributed by atoms with Crippen LogP contribution in [0, 0.1) is 0 Å². The number of carbonyl (C=O) groups is 2. The number of carbonyl (C=O) groups excluding carboxylic acids is 2. The van der Waals surface area contributed by atoms with Crippen LogP contribution in [0.4, 0.5) is 5.69 Å². The van der Waals surface area contributed by atoms with Crippen molar-refractivity contribution in [3.63, 3.8) is 0 Å². The Balaban J connectivity index is 1.78. The van der Waals surface area contributed by atoms with Crippen molar-refractivity contribution < 1.29 is 14.3 Å². The molecule has 1 N–H and O–H groups in total. The SMILES string of the molecule is CCOC(=O)c1ccc(NC(=O)c2nc(-n3cnnc3)ccc2Br)cc1. The fraction of sp³-hybridized carbons (Fsp3) is 0.118. The number of esters is 1. The van der Waals surface area contributed by atoms with Gasteiger partial charge in [-0.1, -0.05) is 0 Å². The van der Waals surface area contributed by atoms with Gasteiger partial charge in [0, 0.05) is 10.2 Å². The fourth-order valence-electron chi connectivity index (χ4n) is 2.15. The van der Waals surface area contributed by atoms with Crippen LogP contribution in [0.25, 0.3) is 5.82 Å². The van der Waals surface area contributed by atoms with E-state index in [2.05, 4.69) is 36.4 Å². The van der Waals surface area contributed by atoms with Crippen LogP contribution >= 0.6 is 15.9 Å². The van der Waals surface area contributed by atoms with Gasteiger partial charge in [0.05, 0.1) is 12.2 Å².